The van der Waals surface area contributed by atoms with Crippen LogP contribution in [0.25, 0.3) is 0 Å². The van der Waals surface area contributed by atoms with Crippen LogP contribution < -0.4 is 5.73 Å². The first-order valence-corrected chi connectivity index (χ1v) is 6.70. The van der Waals surface area contributed by atoms with Crippen LogP contribution in [0.2, 0.25) is 0 Å². The lowest BCUT2D eigenvalue weighted by molar-refractivity contribution is -0.0341. The molecule has 0 bridgehead atoms. The van der Waals surface area contributed by atoms with Crippen LogP contribution in [0, 0.1) is 0 Å². The average molecular weight is 280 g/mol. The van der Waals surface area contributed by atoms with Crippen LogP contribution in [-0.4, -0.2) is 54.2 Å². The number of methoxy groups -OCH3 is 1. The van der Waals surface area contributed by atoms with Crippen molar-refractivity contribution in [2.45, 2.75) is 19.4 Å². The molecule has 2 heterocycles. The first-order chi connectivity index (χ1) is 9.65. The van der Waals surface area contributed by atoms with E-state index < -0.39 is 5.97 Å². The van der Waals surface area contributed by atoms with E-state index in [1.807, 2.05) is 0 Å². The van der Waals surface area contributed by atoms with E-state index in [4.69, 9.17) is 10.5 Å². The van der Waals surface area contributed by atoms with Gasteiger partial charge in [-0.2, -0.15) is 0 Å². The van der Waals surface area contributed by atoms with Gasteiger partial charge in [0.1, 0.15) is 17.5 Å². The number of nitrogens with zero attached hydrogens (tertiary/aromatic N) is 3. The number of nitrogen functional groups attached to an aromatic ring is 1. The molecule has 20 heavy (non-hydrogen) atoms. The van der Waals surface area contributed by atoms with Gasteiger partial charge < -0.3 is 15.2 Å². The average Bonchev–Trinajstić information content (AvgIpc) is 2.47. The summed E-state index contributed by atoms with van der Waals surface area (Å²) in [5.41, 5.74) is 5.95. The summed E-state index contributed by atoms with van der Waals surface area (Å²) in [5, 5.41) is 0. The molecule has 0 saturated carbocycles. The summed E-state index contributed by atoms with van der Waals surface area (Å²) in [4.78, 5) is 22.1. The molecule has 1 atom stereocenters. The fourth-order valence-corrected chi connectivity index (χ4v) is 2.21. The van der Waals surface area contributed by atoms with Crippen molar-refractivity contribution in [1.29, 1.82) is 0 Å². The fraction of sp³-hybridized carbons (Fsp3) is 0.615. The lowest BCUT2D eigenvalue weighted by Crippen LogP contribution is -2.39. The third kappa shape index (κ3) is 3.23. The molecular weight excluding hydrogens is 260 g/mol. The first kappa shape index (κ1) is 14.7. The molecule has 0 amide bonds. The zero-order valence-corrected chi connectivity index (χ0v) is 11.8. The molecule has 1 aromatic rings. The van der Waals surface area contributed by atoms with Gasteiger partial charge in [-0.05, 0) is 13.0 Å². The number of rotatable bonds is 4. The molecule has 0 spiro atoms. The van der Waals surface area contributed by atoms with Gasteiger partial charge in [0, 0.05) is 19.3 Å². The smallest absolute Gasteiger partial charge is 0.343 e. The molecule has 1 aliphatic heterocycles. The quantitative estimate of drug-likeness (QED) is 0.809. The zero-order chi connectivity index (χ0) is 14.5. The molecule has 1 saturated heterocycles. The summed E-state index contributed by atoms with van der Waals surface area (Å²) in [6, 6.07) is 0. The van der Waals surface area contributed by atoms with E-state index >= 15 is 0 Å². The van der Waals surface area contributed by atoms with Crippen LogP contribution in [0.5, 0.6) is 0 Å². The van der Waals surface area contributed by atoms with Crippen molar-refractivity contribution in [2.24, 2.45) is 0 Å². The molecule has 0 aliphatic carbocycles. The van der Waals surface area contributed by atoms with Gasteiger partial charge >= 0.3 is 5.97 Å². The lowest BCUT2D eigenvalue weighted by atomic mass is 10.2. The minimum Gasteiger partial charge on any atom is -0.465 e. The molecule has 7 nitrogen and oxygen atoms in total. The predicted molar refractivity (Wildman–Crippen MR) is 73.2 cm³/mol. The SMILES string of the molecule is CCCN1CCOC(c2ncc(C(=O)OC)c(N)n2)C1. The number of anilines is 1. The molecule has 0 aromatic carbocycles. The van der Waals surface area contributed by atoms with E-state index in [1.54, 1.807) is 0 Å². The lowest BCUT2D eigenvalue weighted by Gasteiger charge is -2.31. The van der Waals surface area contributed by atoms with Gasteiger partial charge in [-0.1, -0.05) is 6.92 Å². The number of hydrogen-bond donors (Lipinski definition) is 1. The Hall–Kier alpha value is -1.73. The number of ether oxygens (including phenoxy) is 2. The van der Waals surface area contributed by atoms with Crippen molar-refractivity contribution in [3.05, 3.63) is 17.6 Å². The summed E-state index contributed by atoms with van der Waals surface area (Å²) in [5.74, 6) is 0.0974. The summed E-state index contributed by atoms with van der Waals surface area (Å²) in [6.07, 6.45) is 2.28. The van der Waals surface area contributed by atoms with E-state index in [2.05, 4.69) is 26.5 Å². The topological polar surface area (TPSA) is 90.6 Å². The van der Waals surface area contributed by atoms with Crippen LogP contribution in [0.1, 0.15) is 35.6 Å². The Balaban J connectivity index is 2.12. The molecular formula is C13H20N4O3. The standard InChI is InChI=1S/C13H20N4O3/c1-3-4-17-5-6-20-10(8-17)12-15-7-9(11(14)16-12)13(18)19-2/h7,10H,3-6,8H2,1-2H3,(H2,14,15,16). The van der Waals surface area contributed by atoms with Crippen LogP contribution in [-0.2, 0) is 9.47 Å². The third-order valence-electron chi connectivity index (χ3n) is 3.22. The Kier molecular flexibility index (Phi) is 4.86. The van der Waals surface area contributed by atoms with Crippen LogP contribution in [0.4, 0.5) is 5.82 Å². The van der Waals surface area contributed by atoms with Gasteiger partial charge in [-0.3, -0.25) is 4.90 Å². The van der Waals surface area contributed by atoms with E-state index in [1.165, 1.54) is 13.3 Å². The van der Waals surface area contributed by atoms with E-state index in [0.29, 0.717) is 12.4 Å². The van der Waals surface area contributed by atoms with Crippen molar-refractivity contribution in [3.63, 3.8) is 0 Å². The number of hydrogen-bond acceptors (Lipinski definition) is 7. The molecule has 2 rings (SSSR count). The highest BCUT2D eigenvalue weighted by Gasteiger charge is 2.25. The molecule has 110 valence electrons. The molecule has 0 radical (unpaired) electrons. The van der Waals surface area contributed by atoms with Gasteiger partial charge in [0.05, 0.1) is 13.7 Å². The Bertz CT molecular complexity index is 479. The number of carbonyl (C=O) groups is 1. The number of carbonyl (C=O) groups excluding carboxylic acids is 1. The monoisotopic (exact) mass is 280 g/mol. The highest BCUT2D eigenvalue weighted by molar-refractivity contribution is 5.93. The Morgan fingerprint density at radius 3 is 3.10 bits per heavy atom. The summed E-state index contributed by atoms with van der Waals surface area (Å²) >= 11 is 0. The maximum absolute atomic E-state index is 11.4. The fourth-order valence-electron chi connectivity index (χ4n) is 2.21. The van der Waals surface area contributed by atoms with Crippen LogP contribution in [0.15, 0.2) is 6.20 Å². The number of aromatic nitrogens is 2. The first-order valence-electron chi connectivity index (χ1n) is 6.70. The van der Waals surface area contributed by atoms with Crippen molar-refractivity contribution in [2.75, 3.05) is 39.1 Å². The maximum atomic E-state index is 11.4. The molecule has 1 fully saturated rings. The third-order valence-corrected chi connectivity index (χ3v) is 3.22. The van der Waals surface area contributed by atoms with E-state index in [-0.39, 0.29) is 17.5 Å². The van der Waals surface area contributed by atoms with Gasteiger partial charge in [0.25, 0.3) is 0 Å². The normalized spacial score (nSPS) is 19.8. The van der Waals surface area contributed by atoms with Crippen molar-refractivity contribution >= 4 is 11.8 Å². The largest absolute Gasteiger partial charge is 0.465 e. The summed E-state index contributed by atoms with van der Waals surface area (Å²) < 4.78 is 10.3. The van der Waals surface area contributed by atoms with Gasteiger partial charge in [-0.15, -0.1) is 0 Å². The highest BCUT2D eigenvalue weighted by atomic mass is 16.5. The Labute approximate surface area is 118 Å². The Morgan fingerprint density at radius 2 is 2.45 bits per heavy atom. The van der Waals surface area contributed by atoms with E-state index in [0.717, 1.165) is 26.1 Å². The molecule has 1 unspecified atom stereocenters. The molecule has 2 N–H and O–H groups in total. The van der Waals surface area contributed by atoms with Crippen molar-refractivity contribution < 1.29 is 14.3 Å². The second-order valence-electron chi connectivity index (χ2n) is 4.68. The number of esters is 1. The van der Waals surface area contributed by atoms with E-state index in [9.17, 15) is 4.79 Å². The Morgan fingerprint density at radius 1 is 1.65 bits per heavy atom. The summed E-state index contributed by atoms with van der Waals surface area (Å²) in [7, 11) is 1.29. The molecule has 1 aromatic heterocycles. The van der Waals surface area contributed by atoms with Crippen molar-refractivity contribution in [3.8, 4) is 0 Å². The maximum Gasteiger partial charge on any atom is 0.343 e. The molecule has 1 aliphatic rings. The molecule has 7 heteroatoms. The van der Waals surface area contributed by atoms with Crippen molar-refractivity contribution in [1.82, 2.24) is 14.9 Å². The minimum absolute atomic E-state index is 0.123. The van der Waals surface area contributed by atoms with Gasteiger partial charge in [-0.25, -0.2) is 14.8 Å². The number of nitrogens with two attached hydrogens (primary N) is 1. The highest BCUT2D eigenvalue weighted by Crippen LogP contribution is 2.21. The van der Waals surface area contributed by atoms with Crippen LogP contribution in [0.3, 0.4) is 0 Å². The second kappa shape index (κ2) is 6.62. The second-order valence-corrected chi connectivity index (χ2v) is 4.68. The van der Waals surface area contributed by atoms with Crippen LogP contribution >= 0.6 is 0 Å². The minimum atomic E-state index is -0.536. The zero-order valence-electron chi connectivity index (χ0n) is 11.8. The van der Waals surface area contributed by atoms with Gasteiger partial charge in [0.2, 0.25) is 0 Å². The number of morpholine rings is 1. The summed E-state index contributed by atoms with van der Waals surface area (Å²) in [6.45, 7) is 5.47. The van der Waals surface area contributed by atoms with Gasteiger partial charge in [0.15, 0.2) is 5.82 Å². The predicted octanol–water partition coefficient (Wildman–Crippen LogP) is 0.629.